The molecule has 1 aromatic carbocycles. The van der Waals surface area contributed by atoms with Crippen LogP contribution in [-0.2, 0) is 14.8 Å². The van der Waals surface area contributed by atoms with Crippen molar-refractivity contribution in [3.8, 4) is 5.75 Å². The van der Waals surface area contributed by atoms with Crippen molar-refractivity contribution < 1.29 is 31.8 Å². The largest absolute Gasteiger partial charge is 0.488 e. The molecule has 0 atom stereocenters. The number of carboxylic acid groups (broad SMARTS) is 1. The normalized spacial score (nSPS) is 11.3. The van der Waals surface area contributed by atoms with E-state index in [1.165, 1.54) is 0 Å². The number of primary sulfonamides is 1. The van der Waals surface area contributed by atoms with Gasteiger partial charge in [-0.2, -0.15) is 0 Å². The van der Waals surface area contributed by atoms with Crippen LogP contribution < -0.4 is 9.88 Å². The van der Waals surface area contributed by atoms with Gasteiger partial charge in [-0.25, -0.2) is 22.3 Å². The Kier molecular flexibility index (Phi) is 5.40. The predicted octanol–water partition coefficient (Wildman–Crippen LogP) is 1.25. The number of ether oxygens (including phenoxy) is 1. The molecule has 0 saturated heterocycles. The first kappa shape index (κ1) is 16.3. The SMILES string of the molecule is NS(=O)(=O)c1cc(F)c(OCCCCC(=O)O)c(F)c1. The van der Waals surface area contributed by atoms with E-state index in [0.717, 1.165) is 0 Å². The molecule has 0 saturated carbocycles. The highest BCUT2D eigenvalue weighted by Crippen LogP contribution is 2.25. The summed E-state index contributed by atoms with van der Waals surface area (Å²) in [5.41, 5.74) is 0. The summed E-state index contributed by atoms with van der Waals surface area (Å²) in [7, 11) is -4.20. The number of nitrogens with two attached hydrogens (primary N) is 1. The summed E-state index contributed by atoms with van der Waals surface area (Å²) < 4.78 is 53.8. The van der Waals surface area contributed by atoms with Gasteiger partial charge in [0.05, 0.1) is 11.5 Å². The first-order chi connectivity index (χ1) is 9.21. The molecule has 0 bridgehead atoms. The number of sulfonamides is 1. The highest BCUT2D eigenvalue weighted by atomic mass is 32.2. The van der Waals surface area contributed by atoms with E-state index in [1.54, 1.807) is 0 Å². The Morgan fingerprint density at radius 2 is 1.80 bits per heavy atom. The lowest BCUT2D eigenvalue weighted by Crippen LogP contribution is -2.13. The molecule has 6 nitrogen and oxygen atoms in total. The second-order valence-electron chi connectivity index (χ2n) is 3.96. The third kappa shape index (κ3) is 4.74. The summed E-state index contributed by atoms with van der Waals surface area (Å²) in [6.45, 7) is -0.0875. The fourth-order valence-electron chi connectivity index (χ4n) is 1.39. The van der Waals surface area contributed by atoms with Crippen LogP contribution in [0.2, 0.25) is 0 Å². The maximum Gasteiger partial charge on any atom is 0.303 e. The molecule has 0 fully saturated rings. The molecule has 0 heterocycles. The summed E-state index contributed by atoms with van der Waals surface area (Å²) in [5, 5.41) is 13.2. The fraction of sp³-hybridized carbons (Fsp3) is 0.364. The Morgan fingerprint density at radius 1 is 1.25 bits per heavy atom. The van der Waals surface area contributed by atoms with E-state index in [2.05, 4.69) is 0 Å². The van der Waals surface area contributed by atoms with Crippen molar-refractivity contribution >= 4 is 16.0 Å². The molecule has 0 unspecified atom stereocenters. The highest BCUT2D eigenvalue weighted by Gasteiger charge is 2.17. The van der Waals surface area contributed by atoms with Gasteiger partial charge < -0.3 is 9.84 Å². The summed E-state index contributed by atoms with van der Waals surface area (Å²) in [5.74, 6) is -4.06. The molecule has 0 amide bonds. The van der Waals surface area contributed by atoms with Crippen molar-refractivity contribution in [1.82, 2.24) is 0 Å². The lowest BCUT2D eigenvalue weighted by molar-refractivity contribution is -0.137. The topological polar surface area (TPSA) is 107 Å². The van der Waals surface area contributed by atoms with Crippen LogP contribution in [-0.4, -0.2) is 26.1 Å². The number of aliphatic carboxylic acids is 1. The summed E-state index contributed by atoms with van der Waals surface area (Å²) in [6.07, 6.45) is 0.522. The number of hydrogen-bond donors (Lipinski definition) is 2. The molecule has 0 aromatic heterocycles. The number of carboxylic acids is 1. The zero-order valence-electron chi connectivity index (χ0n) is 10.3. The van der Waals surface area contributed by atoms with Crippen LogP contribution >= 0.6 is 0 Å². The maximum atomic E-state index is 13.5. The minimum atomic E-state index is -4.20. The van der Waals surface area contributed by atoms with Crippen LogP contribution in [0.1, 0.15) is 19.3 Å². The molecule has 1 rings (SSSR count). The summed E-state index contributed by atoms with van der Waals surface area (Å²) >= 11 is 0. The van der Waals surface area contributed by atoms with Crippen molar-refractivity contribution in [3.05, 3.63) is 23.8 Å². The van der Waals surface area contributed by atoms with E-state index in [-0.39, 0.29) is 13.0 Å². The van der Waals surface area contributed by atoms with Crippen molar-refractivity contribution in [2.75, 3.05) is 6.61 Å². The second-order valence-corrected chi connectivity index (χ2v) is 5.52. The monoisotopic (exact) mass is 309 g/mol. The van der Waals surface area contributed by atoms with E-state index in [9.17, 15) is 22.0 Å². The smallest absolute Gasteiger partial charge is 0.303 e. The fourth-order valence-corrected chi connectivity index (χ4v) is 1.93. The quantitative estimate of drug-likeness (QED) is 0.737. The Labute approximate surface area is 114 Å². The van der Waals surface area contributed by atoms with Crippen molar-refractivity contribution in [2.45, 2.75) is 24.2 Å². The number of hydrogen-bond acceptors (Lipinski definition) is 4. The molecule has 0 aliphatic rings. The first-order valence-electron chi connectivity index (χ1n) is 5.58. The van der Waals surface area contributed by atoms with Crippen LogP contribution in [0, 0.1) is 11.6 Å². The van der Waals surface area contributed by atoms with Gasteiger partial charge in [-0.15, -0.1) is 0 Å². The molecular weight excluding hydrogens is 296 g/mol. The number of rotatable bonds is 7. The predicted molar refractivity (Wildman–Crippen MR) is 64.7 cm³/mol. The molecule has 20 heavy (non-hydrogen) atoms. The average Bonchev–Trinajstić information content (AvgIpc) is 2.29. The van der Waals surface area contributed by atoms with Crippen LogP contribution in [0.15, 0.2) is 17.0 Å². The number of benzene rings is 1. The van der Waals surface area contributed by atoms with E-state index in [4.69, 9.17) is 15.0 Å². The van der Waals surface area contributed by atoms with Crippen molar-refractivity contribution in [3.63, 3.8) is 0 Å². The van der Waals surface area contributed by atoms with Gasteiger partial charge >= 0.3 is 5.97 Å². The minimum absolute atomic E-state index is 0.0708. The van der Waals surface area contributed by atoms with Gasteiger partial charge in [0.2, 0.25) is 10.0 Å². The van der Waals surface area contributed by atoms with E-state index < -0.39 is 38.3 Å². The van der Waals surface area contributed by atoms with Gasteiger partial charge in [0.15, 0.2) is 17.4 Å². The molecular formula is C11H13F2NO5S. The van der Waals surface area contributed by atoms with Crippen LogP contribution in [0.3, 0.4) is 0 Å². The molecule has 9 heteroatoms. The van der Waals surface area contributed by atoms with Crippen molar-refractivity contribution in [1.29, 1.82) is 0 Å². The molecule has 1 aromatic rings. The zero-order chi connectivity index (χ0) is 15.3. The van der Waals surface area contributed by atoms with Crippen molar-refractivity contribution in [2.24, 2.45) is 5.14 Å². The third-order valence-electron chi connectivity index (χ3n) is 2.33. The standard InChI is InChI=1S/C11H13F2NO5S/c12-8-5-7(20(14,17)18)6-9(13)11(8)19-4-2-1-3-10(15)16/h5-6H,1-4H2,(H,15,16)(H2,14,17,18). The zero-order valence-corrected chi connectivity index (χ0v) is 11.1. The Morgan fingerprint density at radius 3 is 2.25 bits per heavy atom. The Balaban J connectivity index is 2.70. The van der Waals surface area contributed by atoms with Crippen LogP contribution in [0.4, 0.5) is 8.78 Å². The lowest BCUT2D eigenvalue weighted by atomic mass is 10.2. The molecule has 112 valence electrons. The van der Waals surface area contributed by atoms with E-state index in [0.29, 0.717) is 25.0 Å². The first-order valence-corrected chi connectivity index (χ1v) is 7.13. The van der Waals surface area contributed by atoms with E-state index >= 15 is 0 Å². The maximum absolute atomic E-state index is 13.5. The summed E-state index contributed by atoms with van der Waals surface area (Å²) in [6, 6.07) is 1.12. The number of carbonyl (C=O) groups is 1. The Bertz CT molecular complexity index is 580. The third-order valence-corrected chi connectivity index (χ3v) is 3.22. The molecule has 0 aliphatic carbocycles. The molecule has 3 N–H and O–H groups in total. The summed E-state index contributed by atoms with van der Waals surface area (Å²) in [4.78, 5) is 9.55. The van der Waals surface area contributed by atoms with Crippen LogP contribution in [0.25, 0.3) is 0 Å². The number of unbranched alkanes of at least 4 members (excludes halogenated alkanes) is 1. The molecule has 0 spiro atoms. The van der Waals surface area contributed by atoms with Gasteiger partial charge in [-0.3, -0.25) is 4.79 Å². The second kappa shape index (κ2) is 6.62. The molecule has 0 aliphatic heterocycles. The Hall–Kier alpha value is -1.74. The average molecular weight is 309 g/mol. The van der Waals surface area contributed by atoms with Gasteiger partial charge in [0.25, 0.3) is 0 Å². The van der Waals surface area contributed by atoms with Gasteiger partial charge in [0.1, 0.15) is 0 Å². The van der Waals surface area contributed by atoms with E-state index in [1.807, 2.05) is 0 Å². The highest BCUT2D eigenvalue weighted by molar-refractivity contribution is 7.89. The molecule has 0 radical (unpaired) electrons. The minimum Gasteiger partial charge on any atom is -0.488 e. The lowest BCUT2D eigenvalue weighted by Gasteiger charge is -2.09. The van der Waals surface area contributed by atoms with Crippen LogP contribution in [0.5, 0.6) is 5.75 Å². The van der Waals surface area contributed by atoms with Gasteiger partial charge in [0, 0.05) is 6.42 Å². The van der Waals surface area contributed by atoms with Gasteiger partial charge in [-0.1, -0.05) is 0 Å². The number of halogens is 2. The van der Waals surface area contributed by atoms with Gasteiger partial charge in [-0.05, 0) is 25.0 Å².